The van der Waals surface area contributed by atoms with Crippen LogP contribution in [0, 0.1) is 0 Å². The number of likely N-dealkylation sites (tertiary alicyclic amines) is 1. The first-order chi connectivity index (χ1) is 13.1. The van der Waals surface area contributed by atoms with E-state index in [-0.39, 0.29) is 0 Å². The number of unbranched alkanes of at least 4 members (excludes halogenated alkanes) is 3. The summed E-state index contributed by atoms with van der Waals surface area (Å²) in [6.45, 7) is 9.03. The first kappa shape index (κ1) is 23.0. The molecule has 2 rings (SSSR count). The molecule has 0 unspecified atom stereocenters. The molecule has 0 bridgehead atoms. The Balaban J connectivity index is 2.16. The van der Waals surface area contributed by atoms with E-state index in [4.69, 9.17) is 4.74 Å². The van der Waals surface area contributed by atoms with E-state index in [2.05, 4.69) is 50.0 Å². The van der Waals surface area contributed by atoms with Gasteiger partial charge in [-0.3, -0.25) is 0 Å². The van der Waals surface area contributed by atoms with E-state index in [1.54, 1.807) is 3.58 Å². The Morgan fingerprint density at radius 3 is 2.19 bits per heavy atom. The first-order valence-corrected chi connectivity index (χ1v) is 18.9. The van der Waals surface area contributed by atoms with E-state index in [1.165, 1.54) is 71.2 Å². The SMILES string of the molecule is CCC[CH2][Sn]([CH2]CCC)([CH2]CCC)[c]1cncc(OC[C@@H]2CCCN2C)c1. The second-order valence-corrected chi connectivity index (χ2v) is 21.8. The molecule has 1 aromatic rings. The van der Waals surface area contributed by atoms with Crippen molar-refractivity contribution in [3.63, 3.8) is 0 Å². The number of nitrogens with zero attached hydrogens (tertiary/aromatic N) is 2. The molecular weight excluding hydrogens is 439 g/mol. The Bertz CT molecular complexity index is 515. The van der Waals surface area contributed by atoms with Gasteiger partial charge in [-0.2, -0.15) is 0 Å². The molecule has 0 spiro atoms. The van der Waals surface area contributed by atoms with Gasteiger partial charge in [0.25, 0.3) is 0 Å². The Labute approximate surface area is 172 Å². The summed E-state index contributed by atoms with van der Waals surface area (Å²) in [6, 6.07) is 2.97. The average Bonchev–Trinajstić information content (AvgIpc) is 3.11. The Hall–Kier alpha value is -0.291. The Morgan fingerprint density at radius 2 is 1.67 bits per heavy atom. The molecule has 27 heavy (non-hydrogen) atoms. The first-order valence-electron chi connectivity index (χ1n) is 11.4. The minimum atomic E-state index is -2.40. The van der Waals surface area contributed by atoms with Gasteiger partial charge in [0.2, 0.25) is 0 Å². The molecule has 0 aliphatic carbocycles. The summed E-state index contributed by atoms with van der Waals surface area (Å²) in [5.41, 5.74) is 0. The fourth-order valence-electron chi connectivity index (χ4n) is 4.52. The third-order valence-electron chi connectivity index (χ3n) is 6.47. The summed E-state index contributed by atoms with van der Waals surface area (Å²) in [7, 11) is 2.22. The number of pyridine rings is 1. The molecule has 1 aliphatic heterocycles. The minimum absolute atomic E-state index is 0.571. The van der Waals surface area contributed by atoms with E-state index in [9.17, 15) is 0 Å². The molecule has 1 fully saturated rings. The Kier molecular flexibility index (Phi) is 10.5. The molecule has 0 aromatic carbocycles. The number of aromatic nitrogens is 1. The zero-order chi connectivity index (χ0) is 19.5. The van der Waals surface area contributed by atoms with Crippen molar-refractivity contribution < 1.29 is 4.74 Å². The van der Waals surface area contributed by atoms with Gasteiger partial charge < -0.3 is 0 Å². The van der Waals surface area contributed by atoms with Gasteiger partial charge in [0.15, 0.2) is 0 Å². The molecule has 1 aliphatic rings. The van der Waals surface area contributed by atoms with Crippen LogP contribution in [0.1, 0.15) is 72.1 Å². The predicted molar refractivity (Wildman–Crippen MR) is 120 cm³/mol. The zero-order valence-corrected chi connectivity index (χ0v) is 21.2. The summed E-state index contributed by atoms with van der Waals surface area (Å²) in [6.07, 6.45) is 14.8. The number of ether oxygens (including phenoxy) is 1. The average molecular weight is 481 g/mol. The van der Waals surface area contributed by atoms with Gasteiger partial charge in [-0.25, -0.2) is 0 Å². The van der Waals surface area contributed by atoms with Crippen molar-refractivity contribution in [3.8, 4) is 5.75 Å². The number of rotatable bonds is 13. The van der Waals surface area contributed by atoms with Crippen molar-refractivity contribution in [3.05, 3.63) is 18.5 Å². The normalized spacial score (nSPS) is 18.1. The maximum absolute atomic E-state index is 6.24. The molecule has 154 valence electrons. The van der Waals surface area contributed by atoms with Crippen molar-refractivity contribution in [2.24, 2.45) is 0 Å². The standard InChI is InChI=1S/C11H15N2O.3C4H9.Sn/c1-13-7-3-4-10(13)9-14-11-5-2-6-12-8-11;3*1-3-4-2;/h5-6,8,10H,3-4,7,9H2,1H3;3*1,3-4H2,2H3;/t10-;;;;/m0..../s1. The van der Waals surface area contributed by atoms with E-state index in [1.807, 2.05) is 6.20 Å². The molecular formula is C23H42N2OSn. The molecule has 4 heteroatoms. The number of hydrogen-bond donors (Lipinski definition) is 0. The molecule has 0 radical (unpaired) electrons. The van der Waals surface area contributed by atoms with Crippen molar-refractivity contribution in [2.45, 2.75) is 91.5 Å². The second-order valence-electron chi connectivity index (χ2n) is 8.59. The molecule has 1 saturated heterocycles. The second kappa shape index (κ2) is 12.3. The maximum atomic E-state index is 6.24. The van der Waals surface area contributed by atoms with Gasteiger partial charge in [0.1, 0.15) is 0 Å². The van der Waals surface area contributed by atoms with Crippen LogP contribution in [0.5, 0.6) is 5.75 Å². The molecule has 0 amide bonds. The van der Waals surface area contributed by atoms with Gasteiger partial charge in [0, 0.05) is 0 Å². The van der Waals surface area contributed by atoms with E-state index in [0.717, 1.165) is 12.4 Å². The van der Waals surface area contributed by atoms with E-state index >= 15 is 0 Å². The van der Waals surface area contributed by atoms with Crippen LogP contribution in [0.2, 0.25) is 13.3 Å². The molecule has 0 saturated carbocycles. The van der Waals surface area contributed by atoms with Crippen LogP contribution in [0.3, 0.4) is 0 Å². The molecule has 1 atom stereocenters. The van der Waals surface area contributed by atoms with Gasteiger partial charge in [-0.1, -0.05) is 0 Å². The fourth-order valence-corrected chi connectivity index (χ4v) is 20.2. The Morgan fingerprint density at radius 1 is 1.04 bits per heavy atom. The van der Waals surface area contributed by atoms with E-state index in [0.29, 0.717) is 6.04 Å². The molecule has 2 heterocycles. The van der Waals surface area contributed by atoms with Gasteiger partial charge in [-0.05, 0) is 0 Å². The van der Waals surface area contributed by atoms with Crippen molar-refractivity contribution >= 4 is 22.0 Å². The third-order valence-corrected chi connectivity index (χ3v) is 22.0. The summed E-state index contributed by atoms with van der Waals surface area (Å²) in [4.78, 5) is 7.09. The fraction of sp³-hybridized carbons (Fsp3) is 0.783. The van der Waals surface area contributed by atoms with Crippen LogP contribution in [-0.4, -0.2) is 54.5 Å². The summed E-state index contributed by atoms with van der Waals surface area (Å²) < 4.78 is 12.3. The van der Waals surface area contributed by atoms with Crippen LogP contribution in [0.25, 0.3) is 0 Å². The number of likely N-dealkylation sites (N-methyl/N-ethyl adjacent to an activating group) is 1. The van der Waals surface area contributed by atoms with Crippen LogP contribution in [0.4, 0.5) is 0 Å². The van der Waals surface area contributed by atoms with Gasteiger partial charge >= 0.3 is 172 Å². The summed E-state index contributed by atoms with van der Waals surface area (Å²) in [5.74, 6) is 1.01. The van der Waals surface area contributed by atoms with Crippen molar-refractivity contribution in [2.75, 3.05) is 20.2 Å². The zero-order valence-electron chi connectivity index (χ0n) is 18.3. The topological polar surface area (TPSA) is 25.4 Å². The number of hydrogen-bond acceptors (Lipinski definition) is 3. The van der Waals surface area contributed by atoms with Crippen LogP contribution in [0.15, 0.2) is 18.5 Å². The molecule has 0 N–H and O–H groups in total. The van der Waals surface area contributed by atoms with Crippen LogP contribution in [-0.2, 0) is 0 Å². The third kappa shape index (κ3) is 6.92. The van der Waals surface area contributed by atoms with Crippen molar-refractivity contribution in [1.82, 2.24) is 9.88 Å². The summed E-state index contributed by atoms with van der Waals surface area (Å²) >= 11 is -2.40. The van der Waals surface area contributed by atoms with Crippen LogP contribution >= 0.6 is 0 Å². The quantitative estimate of drug-likeness (QED) is 0.343. The monoisotopic (exact) mass is 482 g/mol. The van der Waals surface area contributed by atoms with Crippen LogP contribution < -0.4 is 8.32 Å². The van der Waals surface area contributed by atoms with Gasteiger partial charge in [-0.15, -0.1) is 0 Å². The van der Waals surface area contributed by atoms with Gasteiger partial charge in [0.05, 0.1) is 0 Å². The predicted octanol–water partition coefficient (Wildman–Crippen LogP) is 5.61. The van der Waals surface area contributed by atoms with E-state index < -0.39 is 18.4 Å². The molecule has 1 aromatic heterocycles. The van der Waals surface area contributed by atoms with Crippen molar-refractivity contribution in [1.29, 1.82) is 0 Å². The molecule has 3 nitrogen and oxygen atoms in total. The summed E-state index contributed by atoms with van der Waals surface area (Å²) in [5, 5.41) is 0.